The highest BCUT2D eigenvalue weighted by atomic mass is 32.2. The third-order valence-electron chi connectivity index (χ3n) is 5.30. The second-order valence-electron chi connectivity index (χ2n) is 7.23. The highest BCUT2D eigenvalue weighted by molar-refractivity contribution is 8.00. The normalized spacial score (nSPS) is 16.7. The number of thioether (sulfide) groups is 1. The number of ketones is 1. The van der Waals surface area contributed by atoms with Gasteiger partial charge in [0.05, 0.1) is 34.0 Å². The molecule has 0 aliphatic carbocycles. The zero-order valence-electron chi connectivity index (χ0n) is 19.1. The molecule has 1 aliphatic rings. The van der Waals surface area contributed by atoms with Gasteiger partial charge in [-0.3, -0.25) is 10.2 Å². The van der Waals surface area contributed by atoms with Crippen molar-refractivity contribution in [2.75, 3.05) is 33.4 Å². The van der Waals surface area contributed by atoms with Crippen molar-refractivity contribution in [2.24, 2.45) is 0 Å². The highest BCUT2D eigenvalue weighted by Crippen LogP contribution is 2.42. The minimum Gasteiger partial charge on any atom is -0.497 e. The number of rotatable bonds is 8. The Kier molecular flexibility index (Phi) is 6.92. The molecule has 0 spiro atoms. The summed E-state index contributed by atoms with van der Waals surface area (Å²) in [7, 11) is 4.67. The molecule has 1 aliphatic heterocycles. The van der Waals surface area contributed by atoms with Gasteiger partial charge in [0.2, 0.25) is 5.69 Å². The van der Waals surface area contributed by atoms with Crippen LogP contribution in [0.3, 0.4) is 0 Å². The number of methoxy groups -OCH3 is 3. The Bertz CT molecular complexity index is 1200. The highest BCUT2D eigenvalue weighted by Gasteiger charge is 2.40. The smallest absolute Gasteiger partial charge is 0.361 e. The lowest BCUT2D eigenvalue weighted by Crippen LogP contribution is -2.39. The van der Waals surface area contributed by atoms with E-state index in [1.807, 2.05) is 6.07 Å². The van der Waals surface area contributed by atoms with Crippen molar-refractivity contribution in [3.05, 3.63) is 59.3 Å². The average Bonchev–Trinajstić information content (AvgIpc) is 3.30. The van der Waals surface area contributed by atoms with E-state index in [2.05, 4.69) is 15.7 Å². The number of benzene rings is 2. The number of hydrogen-bond donors (Lipinski definition) is 1. The molecule has 10 nitrogen and oxygen atoms in total. The quantitative estimate of drug-likeness (QED) is 0.378. The fourth-order valence-electron chi connectivity index (χ4n) is 3.60. The number of hydrogen-bond acceptors (Lipinski definition) is 10. The molecule has 11 heteroatoms. The monoisotopic (exact) mass is 484 g/mol. The minimum absolute atomic E-state index is 0.0534. The van der Waals surface area contributed by atoms with E-state index in [9.17, 15) is 9.59 Å². The lowest BCUT2D eigenvalue weighted by atomic mass is 9.97. The SMILES string of the molecule is CCOC(=O)c1nnn2c1S[C@H](C(=O)c1ccc(OC)cc1)[C@H](c1ccc(OC)c(OC)c1)N2. The second-order valence-corrected chi connectivity index (χ2v) is 8.36. The molecule has 0 saturated heterocycles. The maximum absolute atomic E-state index is 13.7. The predicted molar refractivity (Wildman–Crippen MR) is 125 cm³/mol. The lowest BCUT2D eigenvalue weighted by molar-refractivity contribution is 0.0514. The molecule has 2 atom stereocenters. The van der Waals surface area contributed by atoms with E-state index in [4.69, 9.17) is 18.9 Å². The summed E-state index contributed by atoms with van der Waals surface area (Å²) in [6.45, 7) is 1.91. The number of ether oxygens (including phenoxy) is 4. The summed E-state index contributed by atoms with van der Waals surface area (Å²) in [4.78, 5) is 27.5. The molecule has 0 amide bonds. The van der Waals surface area contributed by atoms with E-state index in [0.717, 1.165) is 5.56 Å². The van der Waals surface area contributed by atoms with Crippen LogP contribution in [-0.2, 0) is 4.74 Å². The molecule has 0 radical (unpaired) electrons. The van der Waals surface area contributed by atoms with Crippen LogP contribution in [0.15, 0.2) is 47.5 Å². The number of Topliss-reactive ketones (excluding diaryl/α,β-unsaturated/α-hetero) is 1. The molecular weight excluding hydrogens is 460 g/mol. The Hall–Kier alpha value is -3.73. The number of fused-ring (bicyclic) bond motifs is 1. The molecule has 2 heterocycles. The van der Waals surface area contributed by atoms with E-state index in [0.29, 0.717) is 27.8 Å². The first-order chi connectivity index (χ1) is 16.5. The molecule has 1 aromatic heterocycles. The topological polar surface area (TPSA) is 114 Å². The predicted octanol–water partition coefficient (Wildman–Crippen LogP) is 3.12. The molecule has 4 rings (SSSR count). The summed E-state index contributed by atoms with van der Waals surface area (Å²) in [6.07, 6.45) is 0. The van der Waals surface area contributed by atoms with Crippen molar-refractivity contribution in [1.82, 2.24) is 15.1 Å². The number of carbonyl (C=O) groups is 2. The summed E-state index contributed by atoms with van der Waals surface area (Å²) in [6, 6.07) is 11.8. The van der Waals surface area contributed by atoms with Gasteiger partial charge < -0.3 is 18.9 Å². The fraction of sp³-hybridized carbons (Fsp3) is 0.304. The average molecular weight is 485 g/mol. The minimum atomic E-state index is -0.648. The van der Waals surface area contributed by atoms with Gasteiger partial charge in [0.25, 0.3) is 0 Å². The molecule has 3 aromatic rings. The van der Waals surface area contributed by atoms with Crippen LogP contribution in [0.1, 0.15) is 39.4 Å². The third kappa shape index (κ3) is 4.38. The molecule has 1 N–H and O–H groups in total. The van der Waals surface area contributed by atoms with Gasteiger partial charge in [0, 0.05) is 5.56 Å². The third-order valence-corrected chi connectivity index (χ3v) is 6.63. The van der Waals surface area contributed by atoms with E-state index in [1.54, 1.807) is 64.7 Å². The number of esters is 1. The van der Waals surface area contributed by atoms with Gasteiger partial charge in [-0.15, -0.1) is 5.10 Å². The van der Waals surface area contributed by atoms with Gasteiger partial charge in [-0.1, -0.05) is 17.8 Å². The molecule has 178 valence electrons. The molecule has 0 fully saturated rings. The number of nitrogens with zero attached hydrogens (tertiary/aromatic N) is 3. The zero-order valence-corrected chi connectivity index (χ0v) is 19.9. The Labute approximate surface area is 200 Å². The molecule has 2 aromatic carbocycles. The lowest BCUT2D eigenvalue weighted by Gasteiger charge is -2.32. The molecule has 0 saturated carbocycles. The standard InChI is InChI=1S/C23H24N4O6S/c1-5-33-23(29)19-22-27(26-24-19)25-18(14-8-11-16(31-3)17(12-14)32-4)21(34-22)20(28)13-6-9-15(30-2)10-7-13/h6-12,18,21,25H,5H2,1-4H3/t18-,21-/m0/s1. The number of aromatic nitrogens is 3. The van der Waals surface area contributed by atoms with E-state index < -0.39 is 17.3 Å². The molecule has 0 unspecified atom stereocenters. The van der Waals surface area contributed by atoms with Crippen molar-refractivity contribution in [3.8, 4) is 17.2 Å². The van der Waals surface area contributed by atoms with Crippen LogP contribution in [0.2, 0.25) is 0 Å². The van der Waals surface area contributed by atoms with Gasteiger partial charge >= 0.3 is 5.97 Å². The molecule has 34 heavy (non-hydrogen) atoms. The van der Waals surface area contributed by atoms with Gasteiger partial charge in [0.15, 0.2) is 22.3 Å². The van der Waals surface area contributed by atoms with Crippen LogP contribution in [0.4, 0.5) is 0 Å². The van der Waals surface area contributed by atoms with Crippen LogP contribution >= 0.6 is 11.8 Å². The second kappa shape index (κ2) is 10.0. The van der Waals surface area contributed by atoms with Gasteiger partial charge in [-0.05, 0) is 54.1 Å². The number of carbonyl (C=O) groups excluding carboxylic acids is 2. The van der Waals surface area contributed by atoms with Crippen LogP contribution in [0.25, 0.3) is 0 Å². The Balaban J connectivity index is 1.76. The summed E-state index contributed by atoms with van der Waals surface area (Å²) in [5.74, 6) is 1.01. The first kappa shape index (κ1) is 23.4. The van der Waals surface area contributed by atoms with Crippen molar-refractivity contribution >= 4 is 23.5 Å². The van der Waals surface area contributed by atoms with Crippen LogP contribution in [0, 0.1) is 0 Å². The Morgan fingerprint density at radius 2 is 1.76 bits per heavy atom. The zero-order chi connectivity index (χ0) is 24.2. The first-order valence-corrected chi connectivity index (χ1v) is 11.3. The van der Waals surface area contributed by atoms with Crippen LogP contribution in [0.5, 0.6) is 17.2 Å². The molecule has 0 bridgehead atoms. The summed E-state index contributed by atoms with van der Waals surface area (Å²) in [5, 5.41) is 7.79. The maximum Gasteiger partial charge on any atom is 0.361 e. The van der Waals surface area contributed by atoms with E-state index >= 15 is 0 Å². The Morgan fingerprint density at radius 1 is 1.03 bits per heavy atom. The fourth-order valence-corrected chi connectivity index (χ4v) is 4.86. The van der Waals surface area contributed by atoms with Crippen LogP contribution in [-0.4, -0.2) is 60.0 Å². The van der Waals surface area contributed by atoms with Crippen molar-refractivity contribution in [1.29, 1.82) is 0 Å². The van der Waals surface area contributed by atoms with Crippen LogP contribution < -0.4 is 19.6 Å². The number of nitrogens with one attached hydrogen (secondary N) is 1. The maximum atomic E-state index is 13.7. The van der Waals surface area contributed by atoms with Gasteiger partial charge in [-0.25, -0.2) is 4.79 Å². The first-order valence-electron chi connectivity index (χ1n) is 10.5. The van der Waals surface area contributed by atoms with E-state index in [-0.39, 0.29) is 18.1 Å². The molecular formula is C23H24N4O6S. The van der Waals surface area contributed by atoms with Gasteiger partial charge in [-0.2, -0.15) is 4.79 Å². The largest absolute Gasteiger partial charge is 0.497 e. The van der Waals surface area contributed by atoms with Crippen molar-refractivity contribution < 1.29 is 28.5 Å². The van der Waals surface area contributed by atoms with Crippen molar-refractivity contribution in [3.63, 3.8) is 0 Å². The van der Waals surface area contributed by atoms with E-state index in [1.165, 1.54) is 16.6 Å². The van der Waals surface area contributed by atoms with Gasteiger partial charge in [0.1, 0.15) is 11.0 Å². The Morgan fingerprint density at radius 3 is 2.41 bits per heavy atom. The summed E-state index contributed by atoms with van der Waals surface area (Å²) < 4.78 is 21.1. The summed E-state index contributed by atoms with van der Waals surface area (Å²) in [5.41, 5.74) is 4.55. The summed E-state index contributed by atoms with van der Waals surface area (Å²) >= 11 is 1.21. The van der Waals surface area contributed by atoms with Crippen molar-refractivity contribution in [2.45, 2.75) is 23.2 Å².